The van der Waals surface area contributed by atoms with E-state index in [0.29, 0.717) is 5.41 Å². The summed E-state index contributed by atoms with van der Waals surface area (Å²) in [4.78, 5) is 0. The normalized spacial score (nSPS) is 15.2. The molecule has 0 aliphatic heterocycles. The Morgan fingerprint density at radius 2 is 1.22 bits per heavy atom. The maximum atomic E-state index is 11.9. The van der Waals surface area contributed by atoms with E-state index in [4.69, 9.17) is 0 Å². The Morgan fingerprint density at radius 3 is 1.64 bits per heavy atom. The molecule has 0 spiro atoms. The fourth-order valence-electron chi connectivity index (χ4n) is 6.05. The van der Waals surface area contributed by atoms with Gasteiger partial charge in [-0.1, -0.05) is 83.6 Å². The molecular weight excluding hydrogens is 741 g/mol. The molecule has 0 unspecified atom stereocenters. The quantitative estimate of drug-likeness (QED) is 0.137. The molecule has 5 heteroatoms. The second-order valence-corrected chi connectivity index (χ2v) is 14.2. The van der Waals surface area contributed by atoms with Crippen molar-refractivity contribution in [2.75, 3.05) is 0 Å². The zero-order chi connectivity index (χ0) is 35.1. The fourth-order valence-corrected chi connectivity index (χ4v) is 6.05. The molecule has 8 rings (SSSR count). The molecule has 4 aromatic carbocycles. The first kappa shape index (κ1) is 43.2. The van der Waals surface area contributed by atoms with Crippen LogP contribution in [-0.4, -0.2) is 4.21 Å². The van der Waals surface area contributed by atoms with Crippen molar-refractivity contribution in [3.8, 4) is 11.1 Å². The Bertz CT molecular complexity index is 1730. The topological polar surface area (TPSA) is 0 Å². The van der Waals surface area contributed by atoms with Crippen LogP contribution in [0.1, 0.15) is 88.3 Å². The van der Waals surface area contributed by atoms with Crippen molar-refractivity contribution in [3.05, 3.63) is 166 Å². The van der Waals surface area contributed by atoms with Crippen LogP contribution in [-0.2, 0) is 41.5 Å². The summed E-state index contributed by atoms with van der Waals surface area (Å²) in [5.41, 5.74) is 13.4. The van der Waals surface area contributed by atoms with Gasteiger partial charge in [-0.15, -0.1) is 67.1 Å². The van der Waals surface area contributed by atoms with E-state index in [1.807, 2.05) is 0 Å². The molecule has 0 aromatic heterocycles. The number of fused-ring (bicyclic) bond motifs is 5. The van der Waals surface area contributed by atoms with Gasteiger partial charge in [0.2, 0.25) is 0 Å². The van der Waals surface area contributed by atoms with Crippen LogP contribution in [0.2, 0.25) is 0 Å². The molecule has 4 aliphatic carbocycles. The molecule has 0 atom stereocenters. The van der Waals surface area contributed by atoms with E-state index in [9.17, 15) is 8.78 Å². The fraction of sp³-hybridized carbons (Fsp3) is 0.267. The van der Waals surface area contributed by atoms with Crippen LogP contribution < -0.4 is 0 Å². The van der Waals surface area contributed by atoms with Crippen LogP contribution >= 0.6 is 24.8 Å². The molecular formula is C45H46Cl2F2Zr-4. The Balaban J connectivity index is 0.000000266. The van der Waals surface area contributed by atoms with Crippen LogP contribution in [0.3, 0.4) is 0 Å². The molecule has 0 saturated heterocycles. The van der Waals surface area contributed by atoms with E-state index in [-0.39, 0.29) is 47.3 Å². The zero-order valence-electron chi connectivity index (χ0n) is 30.0. The first-order valence-corrected chi connectivity index (χ1v) is 18.0. The van der Waals surface area contributed by atoms with Crippen molar-refractivity contribution in [2.24, 2.45) is 5.41 Å². The summed E-state index contributed by atoms with van der Waals surface area (Å²) in [6.45, 7) is 15.8. The number of allylic oxidation sites excluding steroid dienone is 6. The van der Waals surface area contributed by atoms with E-state index in [1.54, 1.807) is 0 Å². The Labute approximate surface area is 326 Å². The molecule has 0 radical (unpaired) electrons. The van der Waals surface area contributed by atoms with Crippen molar-refractivity contribution in [1.29, 1.82) is 0 Å². The average Bonchev–Trinajstić information content (AvgIpc) is 3.84. The van der Waals surface area contributed by atoms with Gasteiger partial charge in [0.15, 0.2) is 0 Å². The predicted molar refractivity (Wildman–Crippen MR) is 210 cm³/mol. The molecule has 4 aromatic rings. The van der Waals surface area contributed by atoms with E-state index >= 15 is 0 Å². The van der Waals surface area contributed by atoms with Gasteiger partial charge in [0.1, 0.15) is 0 Å². The molecule has 0 amide bonds. The third-order valence-corrected chi connectivity index (χ3v) is 8.78. The van der Waals surface area contributed by atoms with Gasteiger partial charge in [0.05, 0.1) is 0 Å². The van der Waals surface area contributed by atoms with Crippen LogP contribution in [0.5, 0.6) is 0 Å². The van der Waals surface area contributed by atoms with Gasteiger partial charge in [-0.25, -0.2) is 20.9 Å². The molecule has 262 valence electrons. The summed E-state index contributed by atoms with van der Waals surface area (Å²) in [6.07, 6.45) is 19.9. The molecule has 0 saturated carbocycles. The monoisotopic (exact) mass is 784 g/mol. The van der Waals surface area contributed by atoms with Gasteiger partial charge >= 0.3 is 28.4 Å². The molecule has 0 heterocycles. The van der Waals surface area contributed by atoms with Gasteiger partial charge < -0.3 is 0 Å². The van der Waals surface area contributed by atoms with Gasteiger partial charge in [-0.05, 0) is 45.9 Å². The van der Waals surface area contributed by atoms with E-state index in [2.05, 4.69) is 132 Å². The standard InChI is InChI=1S/C23H21.C9H13.2C6H4F.CH2.2ClH.Zr/c1-22(2)7-5-14-10-18-16(12-20(14)22)9-17-13-21-15(11-19(17)18)6-8-23(21,3)4;1-9(2,3)8-6-4-5-7-8;2*7-6-4-2-1-3-5-6;;;;/h5-7,10-13H,9H2,1-4H3;6-7H,4H2,1-3H3;2*2-5H;1H2;2*1H;/q4*-1;;;;. The number of hydrogen-bond acceptors (Lipinski definition) is 0. The SMILES string of the molecule is CC(C)(C)C1=CC[C-]=C1.CC1(C)[C-]=Cc2cc3c(cc21)Cc1cc2c(cc1-3)C=CC2(C)C.Cl.Cl.Fc1cc[c-]cc1.Fc1cc[c-]cc1.[CH2]=[Zr]. The summed E-state index contributed by atoms with van der Waals surface area (Å²) in [7, 11) is 0. The number of halogens is 4. The summed E-state index contributed by atoms with van der Waals surface area (Å²) in [6, 6.07) is 26.6. The van der Waals surface area contributed by atoms with Crippen LogP contribution in [0.15, 0.2) is 96.6 Å². The average molecular weight is 787 g/mol. The summed E-state index contributed by atoms with van der Waals surface area (Å²) in [5, 5.41) is 0. The number of hydrogen-bond donors (Lipinski definition) is 0. The van der Waals surface area contributed by atoms with Gasteiger partial charge in [-0.2, -0.15) is 53.6 Å². The minimum absolute atomic E-state index is 0. The van der Waals surface area contributed by atoms with E-state index in [0.717, 1.165) is 12.8 Å². The Morgan fingerprint density at radius 1 is 0.720 bits per heavy atom. The maximum absolute atomic E-state index is 11.9. The van der Waals surface area contributed by atoms with Gasteiger partial charge in [0.25, 0.3) is 0 Å². The second-order valence-electron chi connectivity index (χ2n) is 14.2. The zero-order valence-corrected chi connectivity index (χ0v) is 34.1. The first-order chi connectivity index (χ1) is 22.7. The van der Waals surface area contributed by atoms with Gasteiger partial charge in [-0.3, -0.25) is 12.2 Å². The van der Waals surface area contributed by atoms with Crippen molar-refractivity contribution in [1.82, 2.24) is 0 Å². The Kier molecular flexibility index (Phi) is 16.0. The number of benzene rings is 4. The van der Waals surface area contributed by atoms with Crippen LogP contribution in [0.25, 0.3) is 23.3 Å². The van der Waals surface area contributed by atoms with E-state index in [1.165, 1.54) is 123 Å². The van der Waals surface area contributed by atoms with Crippen LogP contribution in [0.4, 0.5) is 8.78 Å². The van der Waals surface area contributed by atoms with Crippen LogP contribution in [0, 0.1) is 41.3 Å². The molecule has 50 heavy (non-hydrogen) atoms. The van der Waals surface area contributed by atoms with Crippen molar-refractivity contribution >= 4 is 41.2 Å². The summed E-state index contributed by atoms with van der Waals surface area (Å²) >= 11 is 1.30. The summed E-state index contributed by atoms with van der Waals surface area (Å²) < 4.78 is 27.1. The van der Waals surface area contributed by atoms with Crippen molar-refractivity contribution in [3.63, 3.8) is 0 Å². The van der Waals surface area contributed by atoms with Crippen molar-refractivity contribution < 1.29 is 33.0 Å². The second kappa shape index (κ2) is 18.5. The van der Waals surface area contributed by atoms with E-state index < -0.39 is 0 Å². The number of rotatable bonds is 0. The first-order valence-electron chi connectivity index (χ1n) is 16.3. The minimum atomic E-state index is -0.209. The van der Waals surface area contributed by atoms with Gasteiger partial charge in [0, 0.05) is 17.0 Å². The molecule has 4 aliphatic rings. The summed E-state index contributed by atoms with van der Waals surface area (Å²) in [5.74, 6) is -0.419. The van der Waals surface area contributed by atoms with Crippen molar-refractivity contribution in [2.45, 2.75) is 72.1 Å². The predicted octanol–water partition coefficient (Wildman–Crippen LogP) is 12.5. The molecule has 0 bridgehead atoms. The molecule has 0 N–H and O–H groups in total. The third-order valence-electron chi connectivity index (χ3n) is 8.78. The molecule has 0 fully saturated rings. The Hall–Kier alpha value is -2.97. The molecule has 0 nitrogen and oxygen atoms in total. The third kappa shape index (κ3) is 10.8.